The molecule has 1 aromatic heterocycles. The molecule has 0 amide bonds. The number of carboxylic acid groups (broad SMARTS) is 1. The number of aromatic carboxylic acids is 1. The maximum Gasteiger partial charge on any atom is 0.345 e. The third-order valence-electron chi connectivity index (χ3n) is 2.49. The normalized spacial score (nSPS) is 12.4. The van der Waals surface area contributed by atoms with Crippen molar-refractivity contribution in [2.75, 3.05) is 7.11 Å². The number of thiophene rings is 1. The van der Waals surface area contributed by atoms with Gasteiger partial charge in [-0.2, -0.15) is 0 Å². The second-order valence-electron chi connectivity index (χ2n) is 4.20. The van der Waals surface area contributed by atoms with Crippen LogP contribution >= 0.6 is 11.3 Å². The van der Waals surface area contributed by atoms with Gasteiger partial charge in [0.1, 0.15) is 10.9 Å². The molecule has 1 heterocycles. The van der Waals surface area contributed by atoms with E-state index in [0.29, 0.717) is 11.4 Å². The first kappa shape index (κ1) is 14.7. The van der Waals surface area contributed by atoms with E-state index in [4.69, 9.17) is 9.84 Å². The van der Waals surface area contributed by atoms with Crippen LogP contribution in [0.1, 0.15) is 28.4 Å². The van der Waals surface area contributed by atoms with Gasteiger partial charge in [0, 0.05) is 11.4 Å². The van der Waals surface area contributed by atoms with E-state index in [2.05, 4.69) is 5.32 Å². The first-order chi connectivity index (χ1) is 8.45. The van der Waals surface area contributed by atoms with Gasteiger partial charge in [-0.05, 0) is 18.1 Å². The van der Waals surface area contributed by atoms with Crippen molar-refractivity contribution < 1.29 is 19.4 Å². The number of hydrogen-bond acceptors (Lipinski definition) is 5. The Labute approximate surface area is 110 Å². The van der Waals surface area contributed by atoms with E-state index < -0.39 is 5.97 Å². The number of carbonyl (C=O) groups excluding carboxylic acids is 1. The zero-order chi connectivity index (χ0) is 13.7. The lowest BCUT2D eigenvalue weighted by atomic mass is 10.0. The number of esters is 1. The maximum absolute atomic E-state index is 11.5. The first-order valence-corrected chi connectivity index (χ1v) is 6.40. The molecule has 6 heteroatoms. The van der Waals surface area contributed by atoms with Crippen molar-refractivity contribution in [1.29, 1.82) is 0 Å². The lowest BCUT2D eigenvalue weighted by molar-refractivity contribution is -0.144. The van der Waals surface area contributed by atoms with Crippen LogP contribution < -0.4 is 5.32 Å². The van der Waals surface area contributed by atoms with Crippen LogP contribution in [-0.2, 0) is 16.1 Å². The molecule has 1 unspecified atom stereocenters. The monoisotopic (exact) mass is 271 g/mol. The fourth-order valence-electron chi connectivity index (χ4n) is 1.52. The summed E-state index contributed by atoms with van der Waals surface area (Å²) in [4.78, 5) is 23.4. The molecule has 1 atom stereocenters. The van der Waals surface area contributed by atoms with Crippen molar-refractivity contribution >= 4 is 23.3 Å². The summed E-state index contributed by atoms with van der Waals surface area (Å²) in [5, 5.41) is 11.9. The predicted octanol–water partition coefficient (Wildman–Crippen LogP) is 1.73. The molecule has 1 rings (SSSR count). The minimum absolute atomic E-state index is 0.108. The number of ether oxygens (including phenoxy) is 1. The standard InChI is InChI=1S/C12H17NO4S/c1-7(2)10(12(16)17-3)13-6-8-4-5-9(18-8)11(14)15/h4-5,7,10,13H,6H2,1-3H3,(H,14,15). The average molecular weight is 271 g/mol. The number of rotatable bonds is 6. The highest BCUT2D eigenvalue weighted by molar-refractivity contribution is 7.13. The second-order valence-corrected chi connectivity index (χ2v) is 5.37. The Morgan fingerprint density at radius 1 is 1.44 bits per heavy atom. The summed E-state index contributed by atoms with van der Waals surface area (Å²) in [6.45, 7) is 4.30. The van der Waals surface area contributed by atoms with Crippen LogP contribution in [0.5, 0.6) is 0 Å². The molecule has 0 saturated heterocycles. The third-order valence-corrected chi connectivity index (χ3v) is 3.56. The topological polar surface area (TPSA) is 75.6 Å². The Kier molecular flexibility index (Phi) is 5.30. The van der Waals surface area contributed by atoms with E-state index in [0.717, 1.165) is 4.88 Å². The lowest BCUT2D eigenvalue weighted by Crippen LogP contribution is -2.41. The van der Waals surface area contributed by atoms with Gasteiger partial charge in [0.25, 0.3) is 0 Å². The van der Waals surface area contributed by atoms with Crippen LogP contribution in [0.3, 0.4) is 0 Å². The largest absolute Gasteiger partial charge is 0.477 e. The molecule has 100 valence electrons. The highest BCUT2D eigenvalue weighted by Crippen LogP contribution is 2.17. The molecule has 0 bridgehead atoms. The van der Waals surface area contributed by atoms with Crippen molar-refractivity contribution in [3.63, 3.8) is 0 Å². The van der Waals surface area contributed by atoms with Gasteiger partial charge in [0.15, 0.2) is 0 Å². The summed E-state index contributed by atoms with van der Waals surface area (Å²) >= 11 is 1.20. The van der Waals surface area contributed by atoms with Gasteiger partial charge in [0.2, 0.25) is 0 Å². The SMILES string of the molecule is COC(=O)C(NCc1ccc(C(=O)O)s1)C(C)C. The Bertz CT molecular complexity index is 427. The molecule has 1 aromatic rings. The van der Waals surface area contributed by atoms with E-state index in [9.17, 15) is 9.59 Å². The smallest absolute Gasteiger partial charge is 0.345 e. The zero-order valence-corrected chi connectivity index (χ0v) is 11.4. The minimum atomic E-state index is -0.931. The summed E-state index contributed by atoms with van der Waals surface area (Å²) in [6, 6.07) is 2.92. The van der Waals surface area contributed by atoms with Gasteiger partial charge in [-0.15, -0.1) is 11.3 Å². The van der Waals surface area contributed by atoms with Gasteiger partial charge in [-0.1, -0.05) is 13.8 Å². The number of carbonyl (C=O) groups is 2. The van der Waals surface area contributed by atoms with Crippen LogP contribution in [0.25, 0.3) is 0 Å². The number of carboxylic acids is 1. The molecule has 2 N–H and O–H groups in total. The third kappa shape index (κ3) is 3.82. The van der Waals surface area contributed by atoms with Gasteiger partial charge >= 0.3 is 11.9 Å². The molecule has 0 radical (unpaired) electrons. The van der Waals surface area contributed by atoms with E-state index in [-0.39, 0.29) is 17.9 Å². The summed E-state index contributed by atoms with van der Waals surface area (Å²) in [6.07, 6.45) is 0. The molecule has 0 aromatic carbocycles. The summed E-state index contributed by atoms with van der Waals surface area (Å²) < 4.78 is 4.71. The first-order valence-electron chi connectivity index (χ1n) is 5.59. The second kappa shape index (κ2) is 6.51. The Hall–Kier alpha value is -1.40. The molecule has 0 saturated carbocycles. The maximum atomic E-state index is 11.5. The predicted molar refractivity (Wildman–Crippen MR) is 68.8 cm³/mol. The van der Waals surface area contributed by atoms with Gasteiger partial charge in [-0.25, -0.2) is 4.79 Å². The number of nitrogens with one attached hydrogen (secondary N) is 1. The van der Waals surface area contributed by atoms with Gasteiger partial charge in [0.05, 0.1) is 7.11 Å². The van der Waals surface area contributed by atoms with Crippen molar-refractivity contribution in [1.82, 2.24) is 5.32 Å². The minimum Gasteiger partial charge on any atom is -0.477 e. The average Bonchev–Trinajstić information content (AvgIpc) is 2.77. The highest BCUT2D eigenvalue weighted by Gasteiger charge is 2.22. The fraction of sp³-hybridized carbons (Fsp3) is 0.500. The Morgan fingerprint density at radius 2 is 2.11 bits per heavy atom. The van der Waals surface area contributed by atoms with Gasteiger partial charge < -0.3 is 9.84 Å². The molecule has 0 aliphatic heterocycles. The fourth-order valence-corrected chi connectivity index (χ4v) is 2.31. The quantitative estimate of drug-likeness (QED) is 0.771. The highest BCUT2D eigenvalue weighted by atomic mass is 32.1. The van der Waals surface area contributed by atoms with Crippen LogP contribution in [0.2, 0.25) is 0 Å². The summed E-state index contributed by atoms with van der Waals surface area (Å²) in [5.41, 5.74) is 0. The molecule has 0 aliphatic rings. The molecule has 0 spiro atoms. The van der Waals surface area contributed by atoms with Crippen LogP contribution in [-0.4, -0.2) is 30.2 Å². The Balaban J connectivity index is 2.61. The van der Waals surface area contributed by atoms with E-state index in [1.807, 2.05) is 13.8 Å². The van der Waals surface area contributed by atoms with Crippen molar-refractivity contribution in [3.8, 4) is 0 Å². The molecular weight excluding hydrogens is 254 g/mol. The number of hydrogen-bond donors (Lipinski definition) is 2. The van der Waals surface area contributed by atoms with Crippen LogP contribution in [0, 0.1) is 5.92 Å². The molecule has 0 aliphatic carbocycles. The van der Waals surface area contributed by atoms with E-state index >= 15 is 0 Å². The molecule has 18 heavy (non-hydrogen) atoms. The number of methoxy groups -OCH3 is 1. The van der Waals surface area contributed by atoms with Crippen molar-refractivity contribution in [3.05, 3.63) is 21.9 Å². The van der Waals surface area contributed by atoms with Crippen LogP contribution in [0.15, 0.2) is 12.1 Å². The summed E-state index contributed by atoms with van der Waals surface area (Å²) in [7, 11) is 1.35. The van der Waals surface area contributed by atoms with Crippen LogP contribution in [0.4, 0.5) is 0 Å². The molecule has 0 fully saturated rings. The summed E-state index contributed by atoms with van der Waals surface area (Å²) in [5.74, 6) is -1.13. The van der Waals surface area contributed by atoms with E-state index in [1.54, 1.807) is 12.1 Å². The lowest BCUT2D eigenvalue weighted by Gasteiger charge is -2.19. The van der Waals surface area contributed by atoms with Crippen molar-refractivity contribution in [2.24, 2.45) is 5.92 Å². The molecule has 5 nitrogen and oxygen atoms in total. The van der Waals surface area contributed by atoms with E-state index in [1.165, 1.54) is 18.4 Å². The Morgan fingerprint density at radius 3 is 2.56 bits per heavy atom. The van der Waals surface area contributed by atoms with Gasteiger partial charge in [-0.3, -0.25) is 10.1 Å². The zero-order valence-electron chi connectivity index (χ0n) is 10.6. The van der Waals surface area contributed by atoms with Crippen molar-refractivity contribution in [2.45, 2.75) is 26.4 Å². The molecular formula is C12H17NO4S.